The van der Waals surface area contributed by atoms with Gasteiger partial charge in [0.05, 0.1) is 6.04 Å². The van der Waals surface area contributed by atoms with Crippen molar-refractivity contribution >= 4 is 5.91 Å². The smallest absolute Gasteiger partial charge is 0.239 e. The van der Waals surface area contributed by atoms with Crippen LogP contribution in [-0.4, -0.2) is 36.0 Å². The van der Waals surface area contributed by atoms with Crippen LogP contribution in [0.2, 0.25) is 0 Å². The van der Waals surface area contributed by atoms with Gasteiger partial charge in [0, 0.05) is 19.1 Å². The van der Waals surface area contributed by atoms with Crippen molar-refractivity contribution in [1.29, 1.82) is 0 Å². The number of nitrogens with zero attached hydrogens (tertiary/aromatic N) is 1. The Hall–Kier alpha value is -0.570. The molecule has 0 bridgehead atoms. The molecule has 3 nitrogen and oxygen atoms in total. The molecule has 3 heteroatoms. The molecule has 3 aliphatic rings. The summed E-state index contributed by atoms with van der Waals surface area (Å²) in [4.78, 5) is 14.9. The van der Waals surface area contributed by atoms with E-state index < -0.39 is 0 Å². The van der Waals surface area contributed by atoms with E-state index in [0.717, 1.165) is 18.3 Å². The Labute approximate surface area is 129 Å². The number of piperidine rings is 1. The number of likely N-dealkylation sites (N-methyl/N-ethyl adjacent to an activating group) is 1. The minimum absolute atomic E-state index is 0.0914. The van der Waals surface area contributed by atoms with E-state index in [4.69, 9.17) is 0 Å². The lowest BCUT2D eigenvalue weighted by atomic mass is 9.77. The molecule has 0 spiro atoms. The topological polar surface area (TPSA) is 32.3 Å². The summed E-state index contributed by atoms with van der Waals surface area (Å²) in [6.07, 6.45) is 12.6. The summed E-state index contributed by atoms with van der Waals surface area (Å²) in [5, 5.41) is 3.69. The molecular formula is C18H32N2O. The molecule has 3 fully saturated rings. The standard InChI is InChI=1S/C18H32N2O/c1-13-7-10-15(11-8-13)20(2)18(21)17-12-9-14-5-3-4-6-16(14)19-17/h13-17,19H,3-12H2,1-2H3. The quantitative estimate of drug-likeness (QED) is 0.846. The van der Waals surface area contributed by atoms with Gasteiger partial charge in [0.15, 0.2) is 0 Å². The number of rotatable bonds is 2. The van der Waals surface area contributed by atoms with Crippen LogP contribution in [0.25, 0.3) is 0 Å². The van der Waals surface area contributed by atoms with Gasteiger partial charge in [0.1, 0.15) is 0 Å². The van der Waals surface area contributed by atoms with Crippen molar-refractivity contribution in [3.63, 3.8) is 0 Å². The second-order valence-corrected chi connectivity index (χ2v) is 7.81. The second kappa shape index (κ2) is 6.68. The highest BCUT2D eigenvalue weighted by atomic mass is 16.2. The van der Waals surface area contributed by atoms with Gasteiger partial charge in [-0.1, -0.05) is 19.8 Å². The zero-order valence-corrected chi connectivity index (χ0v) is 13.8. The minimum atomic E-state index is 0.0914. The van der Waals surface area contributed by atoms with E-state index in [1.165, 1.54) is 57.8 Å². The van der Waals surface area contributed by atoms with Gasteiger partial charge in [-0.15, -0.1) is 0 Å². The third-order valence-corrected chi connectivity index (χ3v) is 6.33. The highest BCUT2D eigenvalue weighted by Gasteiger charge is 2.36. The number of amides is 1. The molecule has 1 saturated heterocycles. The Bertz CT molecular complexity index is 362. The maximum Gasteiger partial charge on any atom is 0.239 e. The van der Waals surface area contributed by atoms with Crippen molar-refractivity contribution in [2.75, 3.05) is 7.05 Å². The van der Waals surface area contributed by atoms with Gasteiger partial charge in [-0.05, 0) is 63.2 Å². The molecule has 1 amide bonds. The molecule has 1 N–H and O–H groups in total. The first-order chi connectivity index (χ1) is 10.1. The molecule has 0 aromatic heterocycles. The molecule has 0 radical (unpaired) electrons. The van der Waals surface area contributed by atoms with Crippen LogP contribution in [0, 0.1) is 11.8 Å². The summed E-state index contributed by atoms with van der Waals surface area (Å²) in [5.41, 5.74) is 0. The summed E-state index contributed by atoms with van der Waals surface area (Å²) in [7, 11) is 2.04. The molecule has 120 valence electrons. The first-order valence-electron chi connectivity index (χ1n) is 9.18. The van der Waals surface area contributed by atoms with Crippen molar-refractivity contribution in [3.8, 4) is 0 Å². The van der Waals surface area contributed by atoms with Crippen LogP contribution >= 0.6 is 0 Å². The molecule has 3 rings (SSSR count). The maximum absolute atomic E-state index is 12.8. The molecular weight excluding hydrogens is 260 g/mol. The lowest BCUT2D eigenvalue weighted by Crippen LogP contribution is -2.56. The molecule has 21 heavy (non-hydrogen) atoms. The van der Waals surface area contributed by atoms with Gasteiger partial charge in [-0.2, -0.15) is 0 Å². The van der Waals surface area contributed by atoms with Crippen molar-refractivity contribution in [2.24, 2.45) is 11.8 Å². The maximum atomic E-state index is 12.8. The molecule has 3 unspecified atom stereocenters. The van der Waals surface area contributed by atoms with Crippen molar-refractivity contribution in [2.45, 2.75) is 89.3 Å². The van der Waals surface area contributed by atoms with Crippen molar-refractivity contribution in [1.82, 2.24) is 10.2 Å². The minimum Gasteiger partial charge on any atom is -0.341 e. The Kier molecular flexibility index (Phi) is 4.88. The van der Waals surface area contributed by atoms with E-state index in [2.05, 4.69) is 17.1 Å². The highest BCUT2D eigenvalue weighted by molar-refractivity contribution is 5.82. The number of nitrogens with one attached hydrogen (secondary N) is 1. The predicted molar refractivity (Wildman–Crippen MR) is 86.1 cm³/mol. The van der Waals surface area contributed by atoms with Gasteiger partial charge >= 0.3 is 0 Å². The first kappa shape index (κ1) is 15.3. The highest BCUT2D eigenvalue weighted by Crippen LogP contribution is 2.33. The van der Waals surface area contributed by atoms with Gasteiger partial charge in [0.2, 0.25) is 5.91 Å². The molecule has 1 aliphatic heterocycles. The Balaban J connectivity index is 1.54. The lowest BCUT2D eigenvalue weighted by Gasteiger charge is -2.42. The summed E-state index contributed by atoms with van der Waals surface area (Å²) >= 11 is 0. The summed E-state index contributed by atoms with van der Waals surface area (Å²) in [6.45, 7) is 2.34. The Morgan fingerprint density at radius 2 is 1.67 bits per heavy atom. The van der Waals surface area contributed by atoms with E-state index in [0.29, 0.717) is 18.0 Å². The number of carbonyl (C=O) groups is 1. The lowest BCUT2D eigenvalue weighted by molar-refractivity contribution is -0.136. The van der Waals surface area contributed by atoms with E-state index >= 15 is 0 Å². The van der Waals surface area contributed by atoms with E-state index in [9.17, 15) is 4.79 Å². The van der Waals surface area contributed by atoms with Crippen LogP contribution in [0.3, 0.4) is 0 Å². The van der Waals surface area contributed by atoms with Crippen LogP contribution in [0.4, 0.5) is 0 Å². The molecule has 2 saturated carbocycles. The summed E-state index contributed by atoms with van der Waals surface area (Å²) in [6, 6.07) is 1.19. The summed E-state index contributed by atoms with van der Waals surface area (Å²) in [5.74, 6) is 2.04. The average Bonchev–Trinajstić information content (AvgIpc) is 2.54. The van der Waals surface area contributed by atoms with E-state index in [1.54, 1.807) is 0 Å². The van der Waals surface area contributed by atoms with Crippen LogP contribution < -0.4 is 5.32 Å². The number of fused-ring (bicyclic) bond motifs is 1. The zero-order valence-electron chi connectivity index (χ0n) is 13.8. The van der Waals surface area contributed by atoms with E-state index in [1.807, 2.05) is 7.05 Å². The van der Waals surface area contributed by atoms with Crippen LogP contribution in [0.5, 0.6) is 0 Å². The Morgan fingerprint density at radius 1 is 0.952 bits per heavy atom. The number of hydrogen-bond acceptors (Lipinski definition) is 2. The molecule has 0 aromatic rings. The third kappa shape index (κ3) is 3.44. The normalized spacial score (nSPS) is 40.4. The first-order valence-corrected chi connectivity index (χ1v) is 9.18. The van der Waals surface area contributed by atoms with Gasteiger partial charge in [-0.25, -0.2) is 0 Å². The number of hydrogen-bond donors (Lipinski definition) is 1. The van der Waals surface area contributed by atoms with Crippen LogP contribution in [0.15, 0.2) is 0 Å². The molecule has 0 aromatic carbocycles. The second-order valence-electron chi connectivity index (χ2n) is 7.81. The van der Waals surface area contributed by atoms with Crippen LogP contribution in [0.1, 0.15) is 71.1 Å². The van der Waals surface area contributed by atoms with Gasteiger partial charge < -0.3 is 10.2 Å². The van der Waals surface area contributed by atoms with Crippen molar-refractivity contribution < 1.29 is 4.79 Å². The van der Waals surface area contributed by atoms with Crippen molar-refractivity contribution in [3.05, 3.63) is 0 Å². The van der Waals surface area contributed by atoms with Gasteiger partial charge in [-0.3, -0.25) is 4.79 Å². The fourth-order valence-electron chi connectivity index (χ4n) is 4.75. The SMILES string of the molecule is CC1CCC(N(C)C(=O)C2CCC3CCCCC3N2)CC1. The molecule has 2 aliphatic carbocycles. The van der Waals surface area contributed by atoms with Crippen LogP contribution in [-0.2, 0) is 4.79 Å². The average molecular weight is 292 g/mol. The largest absolute Gasteiger partial charge is 0.341 e. The predicted octanol–water partition coefficient (Wildman–Crippen LogP) is 3.33. The zero-order chi connectivity index (χ0) is 14.8. The fraction of sp³-hybridized carbons (Fsp3) is 0.944. The molecule has 1 heterocycles. The molecule has 3 atom stereocenters. The monoisotopic (exact) mass is 292 g/mol. The number of carbonyl (C=O) groups excluding carboxylic acids is 1. The summed E-state index contributed by atoms with van der Waals surface area (Å²) < 4.78 is 0. The van der Waals surface area contributed by atoms with Gasteiger partial charge in [0.25, 0.3) is 0 Å². The Morgan fingerprint density at radius 3 is 2.43 bits per heavy atom. The third-order valence-electron chi connectivity index (χ3n) is 6.33. The van der Waals surface area contributed by atoms with E-state index in [-0.39, 0.29) is 6.04 Å². The fourth-order valence-corrected chi connectivity index (χ4v) is 4.75.